The first-order valence-corrected chi connectivity index (χ1v) is 8.80. The third-order valence-electron chi connectivity index (χ3n) is 2.85. The second-order valence-electron chi connectivity index (χ2n) is 4.32. The van der Waals surface area contributed by atoms with E-state index in [1.54, 1.807) is 12.1 Å². The summed E-state index contributed by atoms with van der Waals surface area (Å²) in [5, 5.41) is 12.5. The molecule has 24 heavy (non-hydrogen) atoms. The lowest BCUT2D eigenvalue weighted by atomic mass is 10.2. The van der Waals surface area contributed by atoms with Crippen molar-refractivity contribution in [2.75, 3.05) is 13.1 Å². The molecule has 1 aromatic carbocycles. The Kier molecular flexibility index (Phi) is 7.48. The van der Waals surface area contributed by atoms with Crippen molar-refractivity contribution in [2.24, 2.45) is 0 Å². The highest BCUT2D eigenvalue weighted by Gasteiger charge is 2.10. The number of hydrogen-bond donors (Lipinski definition) is 0. The van der Waals surface area contributed by atoms with Crippen LogP contribution in [-0.2, 0) is 0 Å². The summed E-state index contributed by atoms with van der Waals surface area (Å²) < 4.78 is 41.9. The molecular formula is C13H15ClN2O7S. The van der Waals surface area contributed by atoms with E-state index in [1.807, 2.05) is 5.38 Å². The first kappa shape index (κ1) is 20.2. The molecule has 0 aliphatic rings. The van der Waals surface area contributed by atoms with Crippen LogP contribution in [0.3, 0.4) is 0 Å². The van der Waals surface area contributed by atoms with E-state index in [9.17, 15) is 10.1 Å². The average Bonchev–Trinajstić information content (AvgIpc) is 2.97. The van der Waals surface area contributed by atoms with E-state index >= 15 is 0 Å². The summed E-state index contributed by atoms with van der Waals surface area (Å²) in [5.41, 5.74) is 0.934. The molecule has 1 aromatic heterocycles. The smallest absolute Gasteiger partial charge is 0.396 e. The Labute approximate surface area is 143 Å². The van der Waals surface area contributed by atoms with Gasteiger partial charge in [0.2, 0.25) is 0 Å². The maximum Gasteiger partial charge on any atom is 0.430 e. The number of benzene rings is 1. The van der Waals surface area contributed by atoms with Crippen LogP contribution in [0.4, 0.5) is 5.69 Å². The Bertz CT molecular complexity index is 722. The van der Waals surface area contributed by atoms with Gasteiger partial charge in [0, 0.05) is 23.1 Å². The molecule has 0 radical (unpaired) electrons. The van der Waals surface area contributed by atoms with Gasteiger partial charge in [-0.1, -0.05) is 0 Å². The molecule has 0 saturated carbocycles. The van der Waals surface area contributed by atoms with Crippen molar-refractivity contribution in [1.82, 2.24) is 4.58 Å². The Hall–Kier alpha value is -1.82. The number of hydrogen-bond acceptors (Lipinski definition) is 8. The zero-order valence-corrected chi connectivity index (χ0v) is 14.4. The van der Waals surface area contributed by atoms with Gasteiger partial charge in [-0.3, -0.25) is 10.1 Å². The van der Waals surface area contributed by atoms with Gasteiger partial charge in [-0.05, 0) is 37.3 Å². The minimum absolute atomic E-state index is 0.0861. The lowest BCUT2D eigenvalue weighted by Gasteiger charge is -2.17. The molecule has 2 rings (SSSR count). The van der Waals surface area contributed by atoms with Crippen LogP contribution in [0, 0.1) is 20.4 Å². The number of nitro groups is 1. The van der Waals surface area contributed by atoms with Crippen molar-refractivity contribution in [2.45, 2.75) is 13.8 Å². The SMILES string of the molecule is CC[N+](CC)=c1oc(-c2ccc([N+](=O)[O-])cc2)cs1.[O-][Cl+3]([O-])([O-])[O-]. The summed E-state index contributed by atoms with van der Waals surface area (Å²) in [4.78, 5) is 11.1. The summed E-state index contributed by atoms with van der Waals surface area (Å²) >= 11 is 1.54. The predicted octanol–water partition coefficient (Wildman–Crippen LogP) is -2.03. The number of halogens is 1. The second kappa shape index (κ2) is 8.87. The van der Waals surface area contributed by atoms with Gasteiger partial charge < -0.3 is 4.42 Å². The van der Waals surface area contributed by atoms with E-state index in [-0.39, 0.29) is 5.69 Å². The topological polar surface area (TPSA) is 152 Å². The molecule has 0 atom stereocenters. The van der Waals surface area contributed by atoms with E-state index in [4.69, 9.17) is 23.1 Å². The Morgan fingerprint density at radius 1 is 1.08 bits per heavy atom. The van der Waals surface area contributed by atoms with E-state index in [2.05, 4.69) is 18.4 Å². The number of non-ortho nitro benzene ring substituents is 1. The molecule has 0 amide bonds. The molecule has 0 unspecified atom stereocenters. The quantitative estimate of drug-likeness (QED) is 0.338. The molecule has 1 heterocycles. The van der Waals surface area contributed by atoms with Gasteiger partial charge in [0.25, 0.3) is 5.69 Å². The van der Waals surface area contributed by atoms with E-state index in [0.29, 0.717) is 0 Å². The third kappa shape index (κ3) is 6.74. The monoisotopic (exact) mass is 378 g/mol. The number of nitrogens with zero attached hydrogens (tertiary/aromatic N) is 2. The Morgan fingerprint density at radius 2 is 1.58 bits per heavy atom. The first-order chi connectivity index (χ1) is 11.2. The van der Waals surface area contributed by atoms with E-state index in [1.165, 1.54) is 23.5 Å². The van der Waals surface area contributed by atoms with Crippen LogP contribution in [0.25, 0.3) is 11.3 Å². The van der Waals surface area contributed by atoms with Crippen LogP contribution in [0.15, 0.2) is 34.1 Å². The average molecular weight is 379 g/mol. The summed E-state index contributed by atoms with van der Waals surface area (Å²) in [5.74, 6) is 0.738. The summed E-state index contributed by atoms with van der Waals surface area (Å²) in [7, 11) is -4.94. The largest absolute Gasteiger partial charge is 0.430 e. The van der Waals surface area contributed by atoms with Gasteiger partial charge in [0.15, 0.2) is 5.76 Å². The summed E-state index contributed by atoms with van der Waals surface area (Å²) in [6, 6.07) is 6.38. The minimum Gasteiger partial charge on any atom is -0.396 e. The Morgan fingerprint density at radius 3 is 2.00 bits per heavy atom. The lowest BCUT2D eigenvalue weighted by molar-refractivity contribution is -2.00. The van der Waals surface area contributed by atoms with E-state index < -0.39 is 15.2 Å². The van der Waals surface area contributed by atoms with Gasteiger partial charge in [0.1, 0.15) is 13.1 Å². The number of rotatable bonds is 4. The van der Waals surface area contributed by atoms with Crippen LogP contribution in [-0.4, -0.2) is 18.0 Å². The second-order valence-corrected chi connectivity index (χ2v) is 5.90. The standard InChI is InChI=1S/C13H15N2O3S.ClHO4/c1-3-14(4-2)13-18-12(9-19-13)10-5-7-11(8-6-10)15(16)17;2-1(3,4)5/h5-9H,3-4H2,1-2H3;(H,2,3,4,5)/q+1;/p-1. The zero-order valence-electron chi connectivity index (χ0n) is 12.8. The molecule has 0 bridgehead atoms. The van der Waals surface area contributed by atoms with Crippen molar-refractivity contribution in [3.8, 4) is 11.3 Å². The van der Waals surface area contributed by atoms with Crippen molar-refractivity contribution in [3.63, 3.8) is 0 Å². The third-order valence-corrected chi connectivity index (χ3v) is 3.72. The zero-order chi connectivity index (χ0) is 18.3. The van der Waals surface area contributed by atoms with Crippen LogP contribution < -0.4 is 28.1 Å². The molecule has 132 valence electrons. The summed E-state index contributed by atoms with van der Waals surface area (Å²) in [6.07, 6.45) is 0. The van der Waals surface area contributed by atoms with Crippen LogP contribution in [0.1, 0.15) is 13.8 Å². The van der Waals surface area contributed by atoms with Gasteiger partial charge >= 0.3 is 4.87 Å². The predicted molar refractivity (Wildman–Crippen MR) is 75.0 cm³/mol. The van der Waals surface area contributed by atoms with Crippen LogP contribution in [0.2, 0.25) is 0 Å². The molecular weight excluding hydrogens is 364 g/mol. The fraction of sp³-hybridized carbons (Fsp3) is 0.308. The molecule has 0 fully saturated rings. The minimum atomic E-state index is -4.94. The van der Waals surface area contributed by atoms with Crippen molar-refractivity contribution in [1.29, 1.82) is 0 Å². The maximum atomic E-state index is 10.6. The lowest BCUT2D eigenvalue weighted by Crippen LogP contribution is -2.68. The van der Waals surface area contributed by atoms with Gasteiger partial charge in [-0.15, -0.1) is 10.2 Å². The fourth-order valence-electron chi connectivity index (χ4n) is 1.74. The van der Waals surface area contributed by atoms with Crippen molar-refractivity contribution >= 4 is 17.0 Å². The molecule has 11 heteroatoms. The van der Waals surface area contributed by atoms with E-state index in [0.717, 1.165) is 29.3 Å². The molecule has 2 aromatic rings. The first-order valence-electron chi connectivity index (χ1n) is 6.68. The van der Waals surface area contributed by atoms with Crippen molar-refractivity contribution in [3.05, 3.63) is 44.6 Å². The van der Waals surface area contributed by atoms with Crippen LogP contribution in [0.5, 0.6) is 0 Å². The molecule has 0 aliphatic heterocycles. The highest BCUT2D eigenvalue weighted by molar-refractivity contribution is 7.07. The normalized spacial score (nSPS) is 10.8. The molecule has 0 aliphatic carbocycles. The maximum absolute atomic E-state index is 10.6. The highest BCUT2D eigenvalue weighted by atomic mass is 35.7. The van der Waals surface area contributed by atoms with Gasteiger partial charge in [-0.2, -0.15) is 4.58 Å². The van der Waals surface area contributed by atoms with Gasteiger partial charge in [0.05, 0.1) is 4.92 Å². The fourth-order valence-corrected chi connectivity index (χ4v) is 2.68. The van der Waals surface area contributed by atoms with Crippen LogP contribution >= 0.6 is 11.3 Å². The molecule has 0 saturated heterocycles. The van der Waals surface area contributed by atoms with Gasteiger partial charge in [-0.25, -0.2) is 18.6 Å². The van der Waals surface area contributed by atoms with Crippen molar-refractivity contribution < 1.29 is 38.2 Å². The molecule has 0 spiro atoms. The summed E-state index contributed by atoms with van der Waals surface area (Å²) in [6.45, 7) is 5.93. The molecule has 0 N–H and O–H groups in total. The molecule has 9 nitrogen and oxygen atoms in total. The highest BCUT2D eigenvalue weighted by Crippen LogP contribution is 2.22. The Balaban J connectivity index is 0.000000505. The number of nitro benzene ring substituents is 1.